The summed E-state index contributed by atoms with van der Waals surface area (Å²) in [6, 6.07) is 7.71. The van der Waals surface area contributed by atoms with Crippen LogP contribution < -0.4 is 21.8 Å². The summed E-state index contributed by atoms with van der Waals surface area (Å²) in [4.78, 5) is 30.1. The summed E-state index contributed by atoms with van der Waals surface area (Å²) in [5.74, 6) is 0.146. The number of benzene rings is 1. The summed E-state index contributed by atoms with van der Waals surface area (Å²) in [5, 5.41) is 18.8. The van der Waals surface area contributed by atoms with Crippen molar-refractivity contribution in [3.05, 3.63) is 68.1 Å². The Bertz CT molecular complexity index is 1430. The second kappa shape index (κ2) is 7.55. The zero-order valence-electron chi connectivity index (χ0n) is 16.5. The number of aromatic amines is 2. The predicted octanol–water partition coefficient (Wildman–Crippen LogP) is 1.28. The zero-order valence-corrected chi connectivity index (χ0v) is 17.3. The van der Waals surface area contributed by atoms with Crippen LogP contribution >= 0.6 is 11.6 Å². The van der Waals surface area contributed by atoms with Crippen LogP contribution in [0.5, 0.6) is 5.88 Å². The molecule has 0 aliphatic heterocycles. The summed E-state index contributed by atoms with van der Waals surface area (Å²) in [5.41, 5.74) is 1.72. The van der Waals surface area contributed by atoms with Gasteiger partial charge in [0.15, 0.2) is 5.65 Å². The van der Waals surface area contributed by atoms with Crippen LogP contribution in [0.3, 0.4) is 0 Å². The molecule has 5 rings (SSSR count). The molecular formula is C20H19ClN8O2. The first-order valence-electron chi connectivity index (χ1n) is 9.81. The standard InChI is InChI=1S/C20H19ClN8O2/c1-10(11-2-4-13(21)5-3-11)23-18-26-16-12(8-15-17(30)27-20(31)25-15)9-22-29(16)19(28-18)24-14-6-7-14/h2-5,8-10,14,30H,6-7H2,1H3,(H,23,24,28)(H2,25,27,31)/b12-8+/t10-/m0/s1. The Morgan fingerprint density at radius 1 is 1.29 bits per heavy atom. The molecule has 3 heterocycles. The molecule has 158 valence electrons. The van der Waals surface area contributed by atoms with Crippen LogP contribution in [0, 0.1) is 0 Å². The summed E-state index contributed by atoms with van der Waals surface area (Å²) in [6.45, 7) is 2.00. The third-order valence-corrected chi connectivity index (χ3v) is 5.23. The van der Waals surface area contributed by atoms with Crippen molar-refractivity contribution < 1.29 is 5.11 Å². The van der Waals surface area contributed by atoms with E-state index in [0.29, 0.717) is 27.5 Å². The van der Waals surface area contributed by atoms with Crippen molar-refractivity contribution in [3.63, 3.8) is 0 Å². The molecule has 0 saturated heterocycles. The average Bonchev–Trinajstić information content (AvgIpc) is 3.37. The number of imidazole rings is 1. The number of hydrogen-bond acceptors (Lipinski definition) is 7. The Balaban J connectivity index is 1.61. The molecule has 4 N–H and O–H groups in total. The van der Waals surface area contributed by atoms with E-state index in [1.54, 1.807) is 16.8 Å². The van der Waals surface area contributed by atoms with Crippen molar-refractivity contribution >= 4 is 29.3 Å². The van der Waals surface area contributed by atoms with Gasteiger partial charge in [-0.15, -0.1) is 0 Å². The third kappa shape index (κ3) is 4.02. The fourth-order valence-corrected chi connectivity index (χ4v) is 3.30. The minimum atomic E-state index is -0.501. The molecular weight excluding hydrogens is 420 g/mol. The Hall–Kier alpha value is -3.66. The van der Waals surface area contributed by atoms with E-state index in [9.17, 15) is 9.90 Å². The lowest BCUT2D eigenvalue weighted by Crippen LogP contribution is -2.25. The van der Waals surface area contributed by atoms with Gasteiger partial charge in [0.25, 0.3) is 5.62 Å². The highest BCUT2D eigenvalue weighted by Crippen LogP contribution is 2.22. The molecule has 1 aliphatic carbocycles. The van der Waals surface area contributed by atoms with Gasteiger partial charge in [0, 0.05) is 10.2 Å². The van der Waals surface area contributed by atoms with Gasteiger partial charge in [-0.2, -0.15) is 19.6 Å². The van der Waals surface area contributed by atoms with Gasteiger partial charge in [-0.3, -0.25) is 4.98 Å². The van der Waals surface area contributed by atoms with Gasteiger partial charge >= 0.3 is 5.69 Å². The molecule has 0 radical (unpaired) electrons. The minimum absolute atomic E-state index is 0.0751. The second-order valence-corrected chi connectivity index (χ2v) is 7.88. The number of aromatic hydroxyl groups is 1. The Morgan fingerprint density at radius 3 is 2.74 bits per heavy atom. The summed E-state index contributed by atoms with van der Waals surface area (Å²) < 4.78 is 1.56. The van der Waals surface area contributed by atoms with Crippen LogP contribution in [-0.2, 0) is 0 Å². The number of hydrogen-bond donors (Lipinski definition) is 4. The predicted molar refractivity (Wildman–Crippen MR) is 115 cm³/mol. The fourth-order valence-electron chi connectivity index (χ4n) is 3.17. The molecule has 1 fully saturated rings. The van der Waals surface area contributed by atoms with Gasteiger partial charge in [0.05, 0.1) is 18.3 Å². The molecule has 10 nitrogen and oxygen atoms in total. The smallest absolute Gasteiger partial charge is 0.326 e. The molecule has 1 aliphatic rings. The third-order valence-electron chi connectivity index (χ3n) is 4.97. The van der Waals surface area contributed by atoms with Crippen LogP contribution in [-0.4, -0.2) is 40.7 Å². The van der Waals surface area contributed by atoms with Gasteiger partial charge in [-0.05, 0) is 43.5 Å². The van der Waals surface area contributed by atoms with Gasteiger partial charge in [-0.1, -0.05) is 23.7 Å². The molecule has 0 bridgehead atoms. The van der Waals surface area contributed by atoms with Crippen LogP contribution in [0.4, 0.5) is 5.95 Å². The molecule has 1 aromatic carbocycles. The maximum absolute atomic E-state index is 11.4. The number of aromatic nitrogens is 6. The van der Waals surface area contributed by atoms with E-state index in [2.05, 4.69) is 35.3 Å². The van der Waals surface area contributed by atoms with E-state index in [0.717, 1.165) is 18.4 Å². The summed E-state index contributed by atoms with van der Waals surface area (Å²) in [7, 11) is 0. The number of halogens is 1. The normalized spacial score (nSPS) is 16.2. The molecule has 3 aromatic heterocycles. The minimum Gasteiger partial charge on any atom is -0.493 e. The lowest BCUT2D eigenvalue weighted by Gasteiger charge is -2.14. The van der Waals surface area contributed by atoms with Crippen LogP contribution in [0.15, 0.2) is 40.2 Å². The first-order chi connectivity index (χ1) is 15.0. The number of nitrogens with one attached hydrogen (secondary N) is 3. The second-order valence-electron chi connectivity index (χ2n) is 7.45. The van der Waals surface area contributed by atoms with Crippen molar-refractivity contribution in [2.45, 2.75) is 31.8 Å². The van der Waals surface area contributed by atoms with Gasteiger partial charge in [-0.25, -0.2) is 9.79 Å². The SMILES string of the molecule is C[C@H](Nc1nc(=NC2CC2)n2nc/c(=C\c3[nH]c(=O)[nH]c3O)c2n1)c1ccc(Cl)cc1. The molecule has 0 unspecified atom stereocenters. The molecule has 31 heavy (non-hydrogen) atoms. The maximum Gasteiger partial charge on any atom is 0.326 e. The van der Waals surface area contributed by atoms with E-state index in [1.807, 2.05) is 31.2 Å². The van der Waals surface area contributed by atoms with Crippen molar-refractivity contribution in [1.82, 2.24) is 29.5 Å². The number of nitrogens with zero attached hydrogens (tertiary/aromatic N) is 5. The lowest BCUT2D eigenvalue weighted by atomic mass is 10.1. The van der Waals surface area contributed by atoms with E-state index in [-0.39, 0.29) is 23.7 Å². The monoisotopic (exact) mass is 438 g/mol. The highest BCUT2D eigenvalue weighted by Gasteiger charge is 2.21. The maximum atomic E-state index is 11.4. The van der Waals surface area contributed by atoms with E-state index in [4.69, 9.17) is 11.6 Å². The van der Waals surface area contributed by atoms with Crippen molar-refractivity contribution in [2.24, 2.45) is 4.99 Å². The molecule has 4 aromatic rings. The van der Waals surface area contributed by atoms with Gasteiger partial charge in [0.2, 0.25) is 11.8 Å². The first-order valence-corrected chi connectivity index (χ1v) is 10.2. The fraction of sp³-hybridized carbons (Fsp3) is 0.250. The molecule has 0 spiro atoms. The van der Waals surface area contributed by atoms with Gasteiger partial charge in [0.1, 0.15) is 5.69 Å². The lowest BCUT2D eigenvalue weighted by molar-refractivity contribution is 0.454. The molecule has 0 amide bonds. The van der Waals surface area contributed by atoms with Gasteiger partial charge < -0.3 is 15.4 Å². The number of H-pyrrole nitrogens is 2. The number of rotatable bonds is 5. The largest absolute Gasteiger partial charge is 0.493 e. The first kappa shape index (κ1) is 19.3. The summed E-state index contributed by atoms with van der Waals surface area (Å²) in [6.07, 6.45) is 5.23. The molecule has 1 saturated carbocycles. The zero-order chi connectivity index (χ0) is 21.5. The highest BCUT2D eigenvalue weighted by molar-refractivity contribution is 6.30. The van der Waals surface area contributed by atoms with Crippen LogP contribution in [0.2, 0.25) is 5.02 Å². The quantitative estimate of drug-likeness (QED) is 0.370. The van der Waals surface area contributed by atoms with Crippen molar-refractivity contribution in [3.8, 4) is 5.88 Å². The Labute approximate surface area is 180 Å². The summed E-state index contributed by atoms with van der Waals surface area (Å²) >= 11 is 5.99. The van der Waals surface area contributed by atoms with Crippen LogP contribution in [0.1, 0.15) is 37.1 Å². The Morgan fingerprint density at radius 2 is 2.06 bits per heavy atom. The van der Waals surface area contributed by atoms with Crippen LogP contribution in [0.25, 0.3) is 11.7 Å². The van der Waals surface area contributed by atoms with E-state index in [1.165, 1.54) is 0 Å². The topological polar surface area (TPSA) is 136 Å². The average molecular weight is 439 g/mol. The number of fused-ring (bicyclic) bond motifs is 1. The van der Waals surface area contributed by atoms with E-state index >= 15 is 0 Å². The van der Waals surface area contributed by atoms with Crippen molar-refractivity contribution in [1.29, 1.82) is 0 Å². The number of anilines is 1. The van der Waals surface area contributed by atoms with Crippen molar-refractivity contribution in [2.75, 3.05) is 5.32 Å². The molecule has 1 atom stereocenters. The molecule has 11 heteroatoms. The highest BCUT2D eigenvalue weighted by atomic mass is 35.5. The Kier molecular flexibility index (Phi) is 4.70. The van der Waals surface area contributed by atoms with E-state index < -0.39 is 5.69 Å².